The van der Waals surface area contributed by atoms with Gasteiger partial charge in [-0.3, -0.25) is 0 Å². The third-order valence-electron chi connectivity index (χ3n) is 3.28. The van der Waals surface area contributed by atoms with E-state index in [1.54, 1.807) is 6.07 Å². The van der Waals surface area contributed by atoms with E-state index < -0.39 is 0 Å². The van der Waals surface area contributed by atoms with Crippen LogP contribution in [0.4, 0.5) is 4.39 Å². The first-order valence-corrected chi connectivity index (χ1v) is 6.66. The SMILES string of the molecule is CCCO.Fc1ccc2[nH]c3c(c2c1)CCCC3. The first-order valence-electron chi connectivity index (χ1n) is 6.66. The Hall–Kier alpha value is -1.35. The minimum absolute atomic E-state index is 0.134. The fourth-order valence-corrected chi connectivity index (χ4v) is 2.38. The Morgan fingerprint density at radius 1 is 1.28 bits per heavy atom. The standard InChI is InChI=1S/C12H12FN.C3H8O/c13-8-5-6-12-10(7-8)9-3-1-2-4-11(9)14-12;1-2-3-4/h5-7,14H,1-4H2;4H,2-3H2,1H3. The third kappa shape index (κ3) is 2.72. The lowest BCUT2D eigenvalue weighted by Gasteiger charge is -2.10. The molecule has 0 saturated carbocycles. The summed E-state index contributed by atoms with van der Waals surface area (Å²) >= 11 is 0. The van der Waals surface area contributed by atoms with Crippen molar-refractivity contribution in [3.63, 3.8) is 0 Å². The summed E-state index contributed by atoms with van der Waals surface area (Å²) in [5.41, 5.74) is 3.74. The van der Waals surface area contributed by atoms with E-state index in [0.29, 0.717) is 6.61 Å². The summed E-state index contributed by atoms with van der Waals surface area (Å²) in [6.45, 7) is 2.25. The lowest BCUT2D eigenvalue weighted by atomic mass is 9.96. The number of rotatable bonds is 1. The van der Waals surface area contributed by atoms with Gasteiger partial charge in [0.05, 0.1) is 0 Å². The Morgan fingerprint density at radius 3 is 2.72 bits per heavy atom. The van der Waals surface area contributed by atoms with Gasteiger partial charge in [0.15, 0.2) is 0 Å². The van der Waals surface area contributed by atoms with Crippen LogP contribution in [0, 0.1) is 5.82 Å². The zero-order chi connectivity index (χ0) is 13.0. The normalized spacial score (nSPS) is 13.9. The average molecular weight is 249 g/mol. The number of hydrogen-bond acceptors (Lipinski definition) is 1. The highest BCUT2D eigenvalue weighted by molar-refractivity contribution is 5.84. The second-order valence-corrected chi connectivity index (χ2v) is 4.70. The van der Waals surface area contributed by atoms with E-state index in [1.807, 2.05) is 13.0 Å². The zero-order valence-corrected chi connectivity index (χ0v) is 10.8. The van der Waals surface area contributed by atoms with Crippen LogP contribution < -0.4 is 0 Å². The molecule has 3 heteroatoms. The highest BCUT2D eigenvalue weighted by Gasteiger charge is 2.15. The van der Waals surface area contributed by atoms with E-state index in [9.17, 15) is 4.39 Å². The Kier molecular flexibility index (Phi) is 4.37. The molecule has 98 valence electrons. The fourth-order valence-electron chi connectivity index (χ4n) is 2.38. The maximum absolute atomic E-state index is 13.1. The molecule has 1 aliphatic carbocycles. The molecule has 1 heterocycles. The number of halogens is 1. The van der Waals surface area contributed by atoms with Crippen LogP contribution in [0.15, 0.2) is 18.2 Å². The topological polar surface area (TPSA) is 36.0 Å². The molecule has 0 amide bonds. The molecule has 0 radical (unpaired) electrons. The van der Waals surface area contributed by atoms with Gasteiger partial charge >= 0.3 is 0 Å². The molecular weight excluding hydrogens is 229 g/mol. The molecule has 0 unspecified atom stereocenters. The smallest absolute Gasteiger partial charge is 0.123 e. The van der Waals surface area contributed by atoms with E-state index in [2.05, 4.69) is 4.98 Å². The van der Waals surface area contributed by atoms with Crippen molar-refractivity contribution in [3.8, 4) is 0 Å². The van der Waals surface area contributed by atoms with Gasteiger partial charge in [0.2, 0.25) is 0 Å². The van der Waals surface area contributed by atoms with Gasteiger partial charge in [0.25, 0.3) is 0 Å². The first-order chi connectivity index (χ1) is 8.76. The molecular formula is C15H20FNO. The maximum Gasteiger partial charge on any atom is 0.123 e. The fraction of sp³-hybridized carbons (Fsp3) is 0.467. The average Bonchev–Trinajstić information content (AvgIpc) is 2.77. The minimum Gasteiger partial charge on any atom is -0.396 e. The largest absolute Gasteiger partial charge is 0.396 e. The Bertz CT molecular complexity index is 516. The summed E-state index contributed by atoms with van der Waals surface area (Å²) in [7, 11) is 0. The molecule has 2 N–H and O–H groups in total. The van der Waals surface area contributed by atoms with Crippen molar-refractivity contribution >= 4 is 10.9 Å². The van der Waals surface area contributed by atoms with Crippen LogP contribution in [0.5, 0.6) is 0 Å². The minimum atomic E-state index is -0.134. The number of hydrogen-bond donors (Lipinski definition) is 2. The van der Waals surface area contributed by atoms with Gasteiger partial charge in [-0.05, 0) is 55.9 Å². The van der Waals surface area contributed by atoms with Crippen molar-refractivity contribution in [2.24, 2.45) is 0 Å². The third-order valence-corrected chi connectivity index (χ3v) is 3.28. The van der Waals surface area contributed by atoms with Crippen molar-refractivity contribution in [2.45, 2.75) is 39.0 Å². The predicted octanol–water partition coefficient (Wildman–Crippen LogP) is 3.57. The van der Waals surface area contributed by atoms with Gasteiger partial charge in [-0.15, -0.1) is 0 Å². The van der Waals surface area contributed by atoms with E-state index in [4.69, 9.17) is 5.11 Å². The van der Waals surface area contributed by atoms with Gasteiger partial charge in [0, 0.05) is 23.2 Å². The van der Waals surface area contributed by atoms with E-state index in [-0.39, 0.29) is 5.82 Å². The van der Waals surface area contributed by atoms with E-state index >= 15 is 0 Å². The molecule has 0 spiro atoms. The number of aliphatic hydroxyl groups is 1. The number of aryl methyl sites for hydroxylation is 2. The van der Waals surface area contributed by atoms with Gasteiger partial charge < -0.3 is 10.1 Å². The highest BCUT2D eigenvalue weighted by Crippen LogP contribution is 2.29. The molecule has 2 nitrogen and oxygen atoms in total. The lowest BCUT2D eigenvalue weighted by molar-refractivity contribution is 0.295. The van der Waals surface area contributed by atoms with Gasteiger partial charge in [-0.25, -0.2) is 4.39 Å². The van der Waals surface area contributed by atoms with Crippen LogP contribution >= 0.6 is 0 Å². The van der Waals surface area contributed by atoms with Crippen molar-refractivity contribution < 1.29 is 9.50 Å². The molecule has 1 aromatic heterocycles. The molecule has 0 fully saturated rings. The molecule has 1 aliphatic rings. The molecule has 0 bridgehead atoms. The number of aromatic amines is 1. The lowest BCUT2D eigenvalue weighted by Crippen LogP contribution is -1.99. The van der Waals surface area contributed by atoms with Gasteiger partial charge in [-0.1, -0.05) is 6.92 Å². The second-order valence-electron chi connectivity index (χ2n) is 4.70. The van der Waals surface area contributed by atoms with Gasteiger partial charge in [0.1, 0.15) is 5.82 Å². The Morgan fingerprint density at radius 2 is 2.00 bits per heavy atom. The summed E-state index contributed by atoms with van der Waals surface area (Å²) in [6, 6.07) is 5.00. The molecule has 1 aromatic carbocycles. The molecule has 2 aromatic rings. The quantitative estimate of drug-likeness (QED) is 0.796. The van der Waals surface area contributed by atoms with E-state index in [0.717, 1.165) is 30.2 Å². The van der Waals surface area contributed by atoms with Crippen molar-refractivity contribution in [1.82, 2.24) is 4.98 Å². The summed E-state index contributed by atoms with van der Waals surface area (Å²) in [5.74, 6) is -0.134. The molecule has 18 heavy (non-hydrogen) atoms. The number of aromatic nitrogens is 1. The summed E-state index contributed by atoms with van der Waals surface area (Å²) < 4.78 is 13.1. The second kappa shape index (κ2) is 6.01. The van der Waals surface area contributed by atoms with Crippen LogP contribution in [0.2, 0.25) is 0 Å². The summed E-state index contributed by atoms with van der Waals surface area (Å²) in [4.78, 5) is 3.38. The predicted molar refractivity (Wildman–Crippen MR) is 72.3 cm³/mol. The monoisotopic (exact) mass is 249 g/mol. The number of H-pyrrole nitrogens is 1. The zero-order valence-electron chi connectivity index (χ0n) is 10.8. The molecule has 0 aliphatic heterocycles. The number of nitrogens with one attached hydrogen (secondary N) is 1. The summed E-state index contributed by atoms with van der Waals surface area (Å²) in [5, 5.41) is 8.96. The van der Waals surface area contributed by atoms with E-state index in [1.165, 1.54) is 30.2 Å². The van der Waals surface area contributed by atoms with Crippen LogP contribution in [0.25, 0.3) is 10.9 Å². The van der Waals surface area contributed by atoms with Crippen molar-refractivity contribution in [3.05, 3.63) is 35.3 Å². The Labute approximate surface area is 107 Å². The van der Waals surface area contributed by atoms with Crippen LogP contribution in [-0.2, 0) is 12.8 Å². The number of fused-ring (bicyclic) bond motifs is 3. The molecule has 0 atom stereocenters. The van der Waals surface area contributed by atoms with Crippen molar-refractivity contribution in [2.75, 3.05) is 6.61 Å². The van der Waals surface area contributed by atoms with Crippen LogP contribution in [-0.4, -0.2) is 16.7 Å². The Balaban J connectivity index is 0.000000267. The number of aliphatic hydroxyl groups excluding tert-OH is 1. The van der Waals surface area contributed by atoms with Crippen molar-refractivity contribution in [1.29, 1.82) is 0 Å². The maximum atomic E-state index is 13.1. The van der Waals surface area contributed by atoms with Crippen LogP contribution in [0.3, 0.4) is 0 Å². The first kappa shape index (κ1) is 13.1. The highest BCUT2D eigenvalue weighted by atomic mass is 19.1. The molecule has 0 saturated heterocycles. The van der Waals surface area contributed by atoms with Crippen LogP contribution in [0.1, 0.15) is 37.4 Å². The van der Waals surface area contributed by atoms with Gasteiger partial charge in [-0.2, -0.15) is 0 Å². The summed E-state index contributed by atoms with van der Waals surface area (Å²) in [6.07, 6.45) is 5.57. The molecule has 3 rings (SSSR count). The number of benzene rings is 1.